The van der Waals surface area contributed by atoms with E-state index in [1.54, 1.807) is 24.3 Å². The summed E-state index contributed by atoms with van der Waals surface area (Å²) in [7, 11) is -1.42. The molecule has 0 spiro atoms. The molecule has 128 valence electrons. The van der Waals surface area contributed by atoms with Crippen LogP contribution in [0, 0.1) is 11.5 Å². The third-order valence-electron chi connectivity index (χ3n) is 3.48. The minimum absolute atomic E-state index is 0.170. The molecule has 0 bridgehead atoms. The molecule has 0 heterocycles. The second-order valence-corrected chi connectivity index (χ2v) is 11.7. The van der Waals surface area contributed by atoms with Gasteiger partial charge in [0.1, 0.15) is 8.07 Å². The summed E-state index contributed by atoms with van der Waals surface area (Å²) in [6.07, 6.45) is 4.33. The van der Waals surface area contributed by atoms with E-state index in [0.717, 1.165) is 5.56 Å². The lowest BCUT2D eigenvalue weighted by Crippen LogP contribution is -2.50. The van der Waals surface area contributed by atoms with Crippen LogP contribution in [0.2, 0.25) is 19.6 Å². The SMILES string of the molecule is C=CCC(CO)(CC=C)NC(=O)c1ccc(C#C[Si](C)(C)C)cc1. The molecule has 0 aliphatic carbocycles. The fourth-order valence-corrected chi connectivity index (χ4v) is 2.70. The second kappa shape index (κ2) is 8.67. The van der Waals surface area contributed by atoms with Crippen molar-refractivity contribution in [3.63, 3.8) is 0 Å². The summed E-state index contributed by atoms with van der Waals surface area (Å²) in [6.45, 7) is 13.8. The number of rotatable bonds is 7. The highest BCUT2D eigenvalue weighted by Gasteiger charge is 2.28. The Hall–Kier alpha value is -2.09. The number of aliphatic hydroxyl groups excluding tert-OH is 1. The largest absolute Gasteiger partial charge is 0.394 e. The van der Waals surface area contributed by atoms with Gasteiger partial charge in [0.05, 0.1) is 12.1 Å². The number of nitrogens with one attached hydrogen (secondary N) is 1. The highest BCUT2D eigenvalue weighted by molar-refractivity contribution is 6.83. The lowest BCUT2D eigenvalue weighted by Gasteiger charge is -2.31. The Balaban J connectivity index is 2.92. The van der Waals surface area contributed by atoms with Gasteiger partial charge in [-0.15, -0.1) is 18.7 Å². The first kappa shape index (κ1) is 20.0. The van der Waals surface area contributed by atoms with E-state index in [1.165, 1.54) is 0 Å². The Bertz CT molecular complexity index is 635. The van der Waals surface area contributed by atoms with Crippen LogP contribution < -0.4 is 5.32 Å². The molecule has 2 N–H and O–H groups in total. The maximum absolute atomic E-state index is 12.5. The van der Waals surface area contributed by atoms with Crippen LogP contribution in [-0.4, -0.2) is 31.2 Å². The van der Waals surface area contributed by atoms with Crippen molar-refractivity contribution in [1.82, 2.24) is 5.32 Å². The van der Waals surface area contributed by atoms with Gasteiger partial charge in [-0.05, 0) is 37.1 Å². The molecule has 1 amide bonds. The molecule has 1 rings (SSSR count). The van der Waals surface area contributed by atoms with Crippen LogP contribution in [0.1, 0.15) is 28.8 Å². The summed E-state index contributed by atoms with van der Waals surface area (Å²) in [4.78, 5) is 12.5. The first-order chi connectivity index (χ1) is 11.2. The van der Waals surface area contributed by atoms with Crippen molar-refractivity contribution in [2.75, 3.05) is 6.61 Å². The van der Waals surface area contributed by atoms with Gasteiger partial charge < -0.3 is 10.4 Å². The first-order valence-electron chi connectivity index (χ1n) is 8.04. The van der Waals surface area contributed by atoms with Crippen molar-refractivity contribution < 1.29 is 9.90 Å². The zero-order valence-corrected chi connectivity index (χ0v) is 15.9. The number of amides is 1. The third kappa shape index (κ3) is 6.19. The molecule has 4 heteroatoms. The van der Waals surface area contributed by atoms with E-state index in [2.05, 4.69) is 49.6 Å². The zero-order valence-electron chi connectivity index (χ0n) is 14.9. The van der Waals surface area contributed by atoms with Gasteiger partial charge in [-0.2, -0.15) is 0 Å². The normalized spacial score (nSPS) is 11.2. The highest BCUT2D eigenvalue weighted by Crippen LogP contribution is 2.17. The van der Waals surface area contributed by atoms with E-state index in [9.17, 15) is 9.90 Å². The number of carbonyl (C=O) groups is 1. The number of hydrogen-bond acceptors (Lipinski definition) is 2. The van der Waals surface area contributed by atoms with Crippen LogP contribution in [0.3, 0.4) is 0 Å². The van der Waals surface area contributed by atoms with Crippen molar-refractivity contribution >= 4 is 14.0 Å². The molecule has 0 saturated heterocycles. The van der Waals surface area contributed by atoms with E-state index in [-0.39, 0.29) is 12.5 Å². The number of benzene rings is 1. The summed E-state index contributed by atoms with van der Waals surface area (Å²) in [5.41, 5.74) is 3.99. The molecule has 0 atom stereocenters. The Morgan fingerprint density at radius 3 is 2.17 bits per heavy atom. The van der Waals surface area contributed by atoms with Gasteiger partial charge in [0.15, 0.2) is 0 Å². The summed E-state index contributed by atoms with van der Waals surface area (Å²) in [5, 5.41) is 12.6. The maximum Gasteiger partial charge on any atom is 0.251 e. The quantitative estimate of drug-likeness (QED) is 0.453. The topological polar surface area (TPSA) is 49.3 Å². The third-order valence-corrected chi connectivity index (χ3v) is 4.36. The summed E-state index contributed by atoms with van der Waals surface area (Å²) in [6, 6.07) is 7.22. The summed E-state index contributed by atoms with van der Waals surface area (Å²) < 4.78 is 0. The monoisotopic (exact) mass is 341 g/mol. The minimum Gasteiger partial charge on any atom is -0.394 e. The minimum atomic E-state index is -1.42. The maximum atomic E-state index is 12.5. The van der Waals surface area contributed by atoms with Crippen LogP contribution in [0.4, 0.5) is 0 Å². The Kier molecular flexibility index (Phi) is 7.21. The average Bonchev–Trinajstić information content (AvgIpc) is 2.53. The molecule has 0 saturated carbocycles. The number of carbonyl (C=O) groups excluding carboxylic acids is 1. The smallest absolute Gasteiger partial charge is 0.251 e. The van der Waals surface area contributed by atoms with E-state index in [4.69, 9.17) is 0 Å². The van der Waals surface area contributed by atoms with Crippen molar-refractivity contribution in [3.05, 3.63) is 60.7 Å². The molecular weight excluding hydrogens is 314 g/mol. The van der Waals surface area contributed by atoms with Gasteiger partial charge in [-0.3, -0.25) is 4.79 Å². The molecular formula is C20H27NO2Si. The Labute approximate surface area is 146 Å². The number of hydrogen-bond donors (Lipinski definition) is 2. The molecule has 0 unspecified atom stereocenters. The van der Waals surface area contributed by atoms with Crippen molar-refractivity contribution in [2.45, 2.75) is 38.0 Å². The van der Waals surface area contributed by atoms with E-state index in [0.29, 0.717) is 18.4 Å². The predicted molar refractivity (Wildman–Crippen MR) is 104 cm³/mol. The van der Waals surface area contributed by atoms with E-state index < -0.39 is 13.6 Å². The van der Waals surface area contributed by atoms with Crippen molar-refractivity contribution in [2.24, 2.45) is 0 Å². The molecule has 24 heavy (non-hydrogen) atoms. The van der Waals surface area contributed by atoms with Gasteiger partial charge >= 0.3 is 0 Å². The lowest BCUT2D eigenvalue weighted by atomic mass is 9.91. The first-order valence-corrected chi connectivity index (χ1v) is 11.5. The average molecular weight is 342 g/mol. The molecule has 0 aliphatic rings. The standard InChI is InChI=1S/C20H27NO2Si/c1-6-13-20(16-22,14-7-2)21-19(23)18-10-8-17(9-11-18)12-15-24(3,4)5/h6-11,22H,1-2,13-14,16H2,3-5H3,(H,21,23). The van der Waals surface area contributed by atoms with Crippen LogP contribution in [-0.2, 0) is 0 Å². The van der Waals surface area contributed by atoms with Crippen LogP contribution >= 0.6 is 0 Å². The molecule has 0 aromatic heterocycles. The van der Waals surface area contributed by atoms with Gasteiger partial charge in [0.2, 0.25) is 0 Å². The van der Waals surface area contributed by atoms with Crippen molar-refractivity contribution in [3.8, 4) is 11.5 Å². The zero-order chi connectivity index (χ0) is 18.2. The highest BCUT2D eigenvalue weighted by atomic mass is 28.3. The van der Waals surface area contributed by atoms with Crippen LogP contribution in [0.25, 0.3) is 0 Å². The van der Waals surface area contributed by atoms with E-state index >= 15 is 0 Å². The molecule has 1 aromatic carbocycles. The lowest BCUT2D eigenvalue weighted by molar-refractivity contribution is 0.0837. The molecule has 0 aliphatic heterocycles. The summed E-state index contributed by atoms with van der Waals surface area (Å²) in [5.74, 6) is 2.94. The molecule has 0 radical (unpaired) electrons. The van der Waals surface area contributed by atoms with Crippen LogP contribution in [0.15, 0.2) is 49.6 Å². The fraction of sp³-hybridized carbons (Fsp3) is 0.350. The molecule has 3 nitrogen and oxygen atoms in total. The van der Waals surface area contributed by atoms with E-state index in [1.807, 2.05) is 12.1 Å². The predicted octanol–water partition coefficient (Wildman–Crippen LogP) is 3.53. The fourth-order valence-electron chi connectivity index (χ4n) is 2.18. The van der Waals surface area contributed by atoms with Gasteiger partial charge in [0.25, 0.3) is 5.91 Å². The molecule has 1 aromatic rings. The summed E-state index contributed by atoms with van der Waals surface area (Å²) >= 11 is 0. The second-order valence-electron chi connectivity index (χ2n) is 6.96. The van der Waals surface area contributed by atoms with Gasteiger partial charge in [0, 0.05) is 11.1 Å². The molecule has 0 fully saturated rings. The Morgan fingerprint density at radius 2 is 1.75 bits per heavy atom. The Morgan fingerprint density at radius 1 is 1.21 bits per heavy atom. The van der Waals surface area contributed by atoms with Crippen LogP contribution in [0.5, 0.6) is 0 Å². The van der Waals surface area contributed by atoms with Crippen molar-refractivity contribution in [1.29, 1.82) is 0 Å². The van der Waals surface area contributed by atoms with Gasteiger partial charge in [-0.25, -0.2) is 0 Å². The number of aliphatic hydroxyl groups is 1. The van der Waals surface area contributed by atoms with Gasteiger partial charge in [-0.1, -0.05) is 37.7 Å².